The zero-order chi connectivity index (χ0) is 19.6. The van der Waals surface area contributed by atoms with Gasteiger partial charge in [-0.05, 0) is 56.6 Å². The molecule has 28 heavy (non-hydrogen) atoms. The number of carbonyl (C=O) groups is 1. The molecule has 0 N–H and O–H groups in total. The smallest absolute Gasteiger partial charge is 0.302 e. The van der Waals surface area contributed by atoms with Crippen molar-refractivity contribution < 1.29 is 34.8 Å². The van der Waals surface area contributed by atoms with Gasteiger partial charge in [-0.15, -0.1) is 4.91 Å². The molecule has 0 aromatic heterocycles. The molecule has 0 spiro atoms. The Hall–Kier alpha value is -2.77. The Bertz CT molecular complexity index is 676. The minimum atomic E-state index is -0.640. The minimum absolute atomic E-state index is 0. The van der Waals surface area contributed by atoms with Crippen molar-refractivity contribution in [1.29, 1.82) is 0 Å². The van der Waals surface area contributed by atoms with Crippen LogP contribution in [0, 0.1) is 17.1 Å². The van der Waals surface area contributed by atoms with E-state index < -0.39 is 5.97 Å². The fourth-order valence-corrected chi connectivity index (χ4v) is 2.99. The van der Waals surface area contributed by atoms with Gasteiger partial charge in [0.1, 0.15) is 5.34 Å². The molecule has 0 aromatic carbocycles. The number of nitrogens with zero attached hydrogens (tertiary/aromatic N) is 1. The topological polar surface area (TPSA) is 65.0 Å². The Kier molecular flexibility index (Phi) is 13.1. The number of hydrogen-bond donors (Lipinski definition) is 0. The molecule has 0 aliphatic heterocycles. The van der Waals surface area contributed by atoms with Crippen LogP contribution < -0.4 is 0 Å². The van der Waals surface area contributed by atoms with Gasteiger partial charge in [-0.2, -0.15) is 0 Å². The van der Waals surface area contributed by atoms with Crippen LogP contribution in [0.1, 0.15) is 53.9 Å². The molecular formula is C21H28NO4ReRf-. The van der Waals surface area contributed by atoms with Crippen molar-refractivity contribution in [1.82, 2.24) is 0 Å². The molecule has 0 bridgehead atoms. The predicted molar refractivity (Wildman–Crippen MR) is 103 cm³/mol. The molecule has 1 aliphatic rings. The third-order valence-electron chi connectivity index (χ3n) is 4.37. The molecule has 0 fully saturated rings. The van der Waals surface area contributed by atoms with E-state index in [1.54, 1.807) is 13.0 Å². The summed E-state index contributed by atoms with van der Waals surface area (Å²) in [6.45, 7) is 11.2. The first-order valence-corrected chi connectivity index (χ1v) is 8.68. The zero-order valence-corrected chi connectivity index (χ0v) is 26.4. The fourth-order valence-electron chi connectivity index (χ4n) is 2.99. The molecule has 0 unspecified atom stereocenters. The van der Waals surface area contributed by atoms with Crippen LogP contribution in [-0.4, -0.2) is 5.97 Å². The monoisotopic (exact) mass is 812 g/mol. The summed E-state index contributed by atoms with van der Waals surface area (Å²) in [5, 5.41) is 2.09. The fraction of sp³-hybridized carbons (Fsp3) is 0.429. The average Bonchev–Trinajstić information content (AvgIpc) is 2.54. The van der Waals surface area contributed by atoms with Gasteiger partial charge in [0.25, 0.3) is 0 Å². The summed E-state index contributed by atoms with van der Waals surface area (Å²) in [5.41, 5.74) is 4.97. The van der Waals surface area contributed by atoms with Crippen molar-refractivity contribution >= 4 is 5.97 Å². The Balaban J connectivity index is 0. The van der Waals surface area contributed by atoms with E-state index in [2.05, 4.69) is 47.8 Å². The first-order chi connectivity index (χ1) is 12.3. The molecule has 0 atom stereocenters. The largest absolute Gasteiger partial charge is 0.591 e. The molecule has 5 nitrogen and oxygen atoms in total. The predicted octanol–water partition coefficient (Wildman–Crippen LogP) is 5.88. The van der Waals surface area contributed by atoms with Crippen molar-refractivity contribution in [3.63, 3.8) is 0 Å². The molecule has 0 saturated carbocycles. The van der Waals surface area contributed by atoms with Crippen LogP contribution in [0.15, 0.2) is 64.1 Å². The van der Waals surface area contributed by atoms with Crippen molar-refractivity contribution in [3.05, 3.63) is 70.4 Å². The first-order valence-electron chi connectivity index (χ1n) is 8.68. The summed E-state index contributed by atoms with van der Waals surface area (Å²) in [4.78, 5) is 25.0. The summed E-state index contributed by atoms with van der Waals surface area (Å²) in [5.74, 6) is -0.640. The van der Waals surface area contributed by atoms with Gasteiger partial charge in [-0.3, -0.25) is 0 Å². The van der Waals surface area contributed by atoms with E-state index in [-0.39, 0.29) is 25.8 Å². The molecular weight excluding hydrogens is 783 g/mol. The summed E-state index contributed by atoms with van der Waals surface area (Å²) < 4.78 is 4.49. The van der Waals surface area contributed by atoms with Crippen LogP contribution in [0.4, 0.5) is 0 Å². The number of ether oxygens (including phenoxy) is 1. The number of esters is 1. The van der Waals surface area contributed by atoms with Crippen molar-refractivity contribution in [2.24, 2.45) is 10.8 Å². The van der Waals surface area contributed by atoms with E-state index in [1.165, 1.54) is 36.5 Å². The molecule has 1 radical (unpaired) electrons. The number of carbonyl (C=O) groups excluding carboxylic acids is 1. The van der Waals surface area contributed by atoms with Crippen LogP contribution in [-0.2, 0) is 34.8 Å². The first kappa shape index (κ1) is 27.5. The van der Waals surface area contributed by atoms with Crippen LogP contribution in [0.3, 0.4) is 0 Å². The molecule has 1 rings (SSSR count). The summed E-state index contributed by atoms with van der Waals surface area (Å²) in [6, 6.07) is 0. The Labute approximate surface area is 175 Å². The van der Waals surface area contributed by atoms with Gasteiger partial charge in [0, 0.05) is 33.3 Å². The maximum Gasteiger partial charge on any atom is 0.302 e. The Morgan fingerprint density at radius 1 is 1.21 bits per heavy atom. The molecule has 0 amide bonds. The zero-order valence-electron chi connectivity index (χ0n) is 17.3. The van der Waals surface area contributed by atoms with Crippen LogP contribution >= 0.6 is 0 Å². The van der Waals surface area contributed by atoms with Crippen molar-refractivity contribution in [2.45, 2.75) is 53.9 Å². The molecule has 7 heteroatoms. The molecule has 0 aromatic rings. The van der Waals surface area contributed by atoms with E-state index in [4.69, 9.17) is 0 Å². The Morgan fingerprint density at radius 2 is 1.89 bits per heavy atom. The summed E-state index contributed by atoms with van der Waals surface area (Å²) >= 11 is 0. The van der Waals surface area contributed by atoms with E-state index in [0.717, 1.165) is 5.57 Å². The normalized spacial score (nSPS) is 17.2. The van der Waals surface area contributed by atoms with Gasteiger partial charge in [0.15, 0.2) is 0 Å². The number of hydrogen-bond acceptors (Lipinski definition) is 5. The maximum atomic E-state index is 11.4. The molecule has 0 heterocycles. The Morgan fingerprint density at radius 3 is 2.50 bits per heavy atom. The summed E-state index contributed by atoms with van der Waals surface area (Å²) in [6.07, 6.45) is 15.0. The minimum Gasteiger partial charge on any atom is -0.591 e. The quantitative estimate of drug-likeness (QED) is 0.0586. The van der Waals surface area contributed by atoms with Crippen molar-refractivity contribution in [2.75, 3.05) is 0 Å². The van der Waals surface area contributed by atoms with Gasteiger partial charge in [0.2, 0.25) is 0 Å². The second-order valence-corrected chi connectivity index (χ2v) is 7.14. The number of rotatable bonds is 8. The van der Waals surface area contributed by atoms with Crippen LogP contribution in [0.25, 0.3) is 0 Å². The van der Waals surface area contributed by atoms with Gasteiger partial charge in [-0.1, -0.05) is 55.4 Å². The number of allylic oxidation sites excluding steroid dienone is 9. The van der Waals surface area contributed by atoms with Crippen LogP contribution in [0.2, 0.25) is 0 Å². The summed E-state index contributed by atoms with van der Waals surface area (Å²) in [7, 11) is 0. The van der Waals surface area contributed by atoms with E-state index in [0.29, 0.717) is 12.4 Å². The SMILES string of the molecule is CC1=C(/C=C/C(C)=C/C=C/C(C)=C/C(=O)O[CH-]ON=O)C(C)(C)CCC1.[Re].[Rf]. The van der Waals surface area contributed by atoms with Gasteiger partial charge in [-0.25, -0.2) is 4.79 Å². The molecule has 0 saturated heterocycles. The van der Waals surface area contributed by atoms with Gasteiger partial charge in [0.05, 0.1) is 0 Å². The van der Waals surface area contributed by atoms with Crippen LogP contribution in [0.5, 0.6) is 0 Å². The van der Waals surface area contributed by atoms with E-state index in [9.17, 15) is 9.70 Å². The molecule has 1 aliphatic carbocycles. The second kappa shape index (κ2) is 13.4. The van der Waals surface area contributed by atoms with Crippen molar-refractivity contribution in [3.8, 4) is 0 Å². The second-order valence-electron chi connectivity index (χ2n) is 7.14. The third-order valence-corrected chi connectivity index (χ3v) is 4.37. The molecule has 151 valence electrons. The van der Waals surface area contributed by atoms with Gasteiger partial charge < -0.3 is 9.57 Å². The third kappa shape index (κ3) is 9.80. The van der Waals surface area contributed by atoms with E-state index >= 15 is 0 Å². The average molecular weight is 812 g/mol. The van der Waals surface area contributed by atoms with Gasteiger partial charge >= 0.3 is 5.97 Å². The maximum absolute atomic E-state index is 11.4. The van der Waals surface area contributed by atoms with E-state index in [1.807, 2.05) is 19.1 Å². The standard InChI is InChI=1S/C21H28NO4.Re.Rf/c1-16(11-12-19-18(3)10-7-13-21(19,4)5)8-6-9-17(2)14-20(23)25-15-26-22-24;;/h6,8-9,11-12,14-15H,7,10,13H2,1-5H3;;/q-1;;/b9-6+,12-11+,16-8+,17-14+;;.